The van der Waals surface area contributed by atoms with Gasteiger partial charge in [0.05, 0.1) is 24.2 Å². The fourth-order valence-corrected chi connectivity index (χ4v) is 2.45. The highest BCUT2D eigenvalue weighted by atomic mass is 16.6. The van der Waals surface area contributed by atoms with E-state index in [1.54, 1.807) is 20.1 Å². The minimum absolute atomic E-state index is 0.0662. The lowest BCUT2D eigenvalue weighted by molar-refractivity contribution is -0.385. The lowest BCUT2D eigenvalue weighted by atomic mass is 10.1. The predicted octanol–water partition coefficient (Wildman–Crippen LogP) is 1.93. The lowest BCUT2D eigenvalue weighted by Crippen LogP contribution is -2.37. The van der Waals surface area contributed by atoms with E-state index in [0.717, 1.165) is 31.7 Å². The Morgan fingerprint density at radius 1 is 1.43 bits per heavy atom. The maximum Gasteiger partial charge on any atom is 0.290 e. The minimum Gasteiger partial charge on any atom is -0.382 e. The van der Waals surface area contributed by atoms with Crippen molar-refractivity contribution in [3.05, 3.63) is 27.9 Å². The molecule has 1 saturated heterocycles. The first-order chi connectivity index (χ1) is 10.1. The highest BCUT2D eigenvalue weighted by molar-refractivity contribution is 5.48. The van der Waals surface area contributed by atoms with Gasteiger partial charge in [0.15, 0.2) is 0 Å². The van der Waals surface area contributed by atoms with E-state index in [1.165, 1.54) is 6.20 Å². The van der Waals surface area contributed by atoms with Crippen LogP contribution in [0, 0.1) is 17.0 Å². The Bertz CT molecular complexity index is 487. The molecule has 116 valence electrons. The van der Waals surface area contributed by atoms with Crippen LogP contribution < -0.4 is 4.90 Å². The number of hydrogen-bond acceptors (Lipinski definition) is 6. The van der Waals surface area contributed by atoms with E-state index in [0.29, 0.717) is 18.8 Å². The number of nitro groups is 1. The van der Waals surface area contributed by atoms with Crippen molar-refractivity contribution in [1.82, 2.24) is 4.98 Å². The molecule has 21 heavy (non-hydrogen) atoms. The Hall–Kier alpha value is -1.73. The molecular formula is C14H21N3O4. The second kappa shape index (κ2) is 7.33. The van der Waals surface area contributed by atoms with Crippen LogP contribution in [0.3, 0.4) is 0 Å². The maximum absolute atomic E-state index is 10.8. The molecule has 0 atom stereocenters. The molecule has 0 radical (unpaired) electrons. The van der Waals surface area contributed by atoms with Crippen molar-refractivity contribution in [3.8, 4) is 0 Å². The number of rotatable bonds is 6. The highest BCUT2D eigenvalue weighted by Crippen LogP contribution is 2.24. The van der Waals surface area contributed by atoms with Crippen LogP contribution in [0.25, 0.3) is 0 Å². The van der Waals surface area contributed by atoms with Crippen molar-refractivity contribution in [1.29, 1.82) is 0 Å². The van der Waals surface area contributed by atoms with Gasteiger partial charge in [-0.05, 0) is 25.8 Å². The Kier molecular flexibility index (Phi) is 5.46. The molecular weight excluding hydrogens is 274 g/mol. The number of ether oxygens (including phenoxy) is 2. The van der Waals surface area contributed by atoms with E-state index in [1.807, 2.05) is 0 Å². The number of piperidine rings is 1. The van der Waals surface area contributed by atoms with E-state index in [4.69, 9.17) is 9.47 Å². The number of aryl methyl sites for hydroxylation is 1. The zero-order chi connectivity index (χ0) is 15.2. The maximum atomic E-state index is 10.8. The molecule has 0 aliphatic carbocycles. The summed E-state index contributed by atoms with van der Waals surface area (Å²) >= 11 is 0. The van der Waals surface area contributed by atoms with Gasteiger partial charge in [0.25, 0.3) is 5.69 Å². The summed E-state index contributed by atoms with van der Waals surface area (Å²) in [6.45, 7) is 4.67. The fraction of sp³-hybridized carbons (Fsp3) is 0.643. The summed E-state index contributed by atoms with van der Waals surface area (Å²) in [5.41, 5.74) is 0.708. The van der Waals surface area contributed by atoms with Crippen molar-refractivity contribution < 1.29 is 14.4 Å². The van der Waals surface area contributed by atoms with Crippen LogP contribution in [0.15, 0.2) is 12.3 Å². The minimum atomic E-state index is -0.401. The first-order valence-electron chi connectivity index (χ1n) is 7.08. The van der Waals surface area contributed by atoms with Crippen LogP contribution in [0.4, 0.5) is 11.5 Å². The summed E-state index contributed by atoms with van der Waals surface area (Å²) in [7, 11) is 1.66. The Balaban J connectivity index is 1.90. The standard InChI is InChI=1S/C14H21N3O4/c1-11-9-14(15-10-13(11)17(18)19)16-5-3-12(4-6-16)21-8-7-20-2/h9-10,12H,3-8H2,1-2H3. The summed E-state index contributed by atoms with van der Waals surface area (Å²) in [6.07, 6.45) is 3.46. The first-order valence-corrected chi connectivity index (χ1v) is 7.08. The number of anilines is 1. The smallest absolute Gasteiger partial charge is 0.290 e. The summed E-state index contributed by atoms with van der Waals surface area (Å²) < 4.78 is 10.7. The molecule has 1 aromatic rings. The number of hydrogen-bond donors (Lipinski definition) is 0. The van der Waals surface area contributed by atoms with Crippen LogP contribution in [0.1, 0.15) is 18.4 Å². The average molecular weight is 295 g/mol. The van der Waals surface area contributed by atoms with E-state index >= 15 is 0 Å². The van der Waals surface area contributed by atoms with Crippen LogP contribution >= 0.6 is 0 Å². The molecule has 7 nitrogen and oxygen atoms in total. The van der Waals surface area contributed by atoms with Gasteiger partial charge in [0.1, 0.15) is 12.0 Å². The van der Waals surface area contributed by atoms with Gasteiger partial charge in [-0.15, -0.1) is 0 Å². The summed E-state index contributed by atoms with van der Waals surface area (Å²) in [5.74, 6) is 0.799. The largest absolute Gasteiger partial charge is 0.382 e. The lowest BCUT2D eigenvalue weighted by Gasteiger charge is -2.32. The molecule has 2 heterocycles. The van der Waals surface area contributed by atoms with Gasteiger partial charge in [-0.1, -0.05) is 0 Å². The molecule has 7 heteroatoms. The summed E-state index contributed by atoms with van der Waals surface area (Å²) in [6, 6.07) is 1.78. The Labute approximate surface area is 124 Å². The topological polar surface area (TPSA) is 77.7 Å². The second-order valence-electron chi connectivity index (χ2n) is 5.14. The summed E-state index contributed by atoms with van der Waals surface area (Å²) in [5, 5.41) is 10.8. The van der Waals surface area contributed by atoms with E-state index in [9.17, 15) is 10.1 Å². The van der Waals surface area contributed by atoms with Crippen molar-refractivity contribution in [3.63, 3.8) is 0 Å². The Morgan fingerprint density at radius 2 is 2.14 bits per heavy atom. The van der Waals surface area contributed by atoms with Crippen molar-refractivity contribution >= 4 is 11.5 Å². The SMILES string of the molecule is COCCOC1CCN(c2cc(C)c([N+](=O)[O-])cn2)CC1. The second-order valence-corrected chi connectivity index (χ2v) is 5.14. The molecule has 1 aliphatic rings. The van der Waals surface area contributed by atoms with Crippen LogP contribution in [0.2, 0.25) is 0 Å². The molecule has 0 N–H and O–H groups in total. The average Bonchev–Trinajstić information content (AvgIpc) is 2.48. The van der Waals surface area contributed by atoms with Gasteiger partial charge in [-0.25, -0.2) is 4.98 Å². The Morgan fingerprint density at radius 3 is 2.71 bits per heavy atom. The van der Waals surface area contributed by atoms with Crippen molar-refractivity contribution in [2.45, 2.75) is 25.9 Å². The van der Waals surface area contributed by atoms with Gasteiger partial charge in [-0.2, -0.15) is 0 Å². The van der Waals surface area contributed by atoms with E-state index in [2.05, 4.69) is 9.88 Å². The van der Waals surface area contributed by atoms with Crippen LogP contribution in [-0.2, 0) is 9.47 Å². The van der Waals surface area contributed by atoms with Crippen LogP contribution in [0.5, 0.6) is 0 Å². The molecule has 1 fully saturated rings. The third kappa shape index (κ3) is 4.12. The number of aromatic nitrogens is 1. The van der Waals surface area contributed by atoms with Gasteiger partial charge in [0.2, 0.25) is 0 Å². The molecule has 0 aromatic carbocycles. The quantitative estimate of drug-likeness (QED) is 0.453. The molecule has 1 aromatic heterocycles. The third-order valence-electron chi connectivity index (χ3n) is 3.67. The van der Waals surface area contributed by atoms with Crippen molar-refractivity contribution in [2.75, 3.05) is 38.3 Å². The zero-order valence-electron chi connectivity index (χ0n) is 12.4. The zero-order valence-corrected chi connectivity index (χ0v) is 12.4. The molecule has 0 spiro atoms. The first kappa shape index (κ1) is 15.7. The normalized spacial score (nSPS) is 16.2. The van der Waals surface area contributed by atoms with E-state index in [-0.39, 0.29) is 11.8 Å². The van der Waals surface area contributed by atoms with Gasteiger partial charge < -0.3 is 14.4 Å². The molecule has 0 amide bonds. The number of pyridine rings is 1. The summed E-state index contributed by atoms with van der Waals surface area (Å²) in [4.78, 5) is 16.8. The molecule has 2 rings (SSSR count). The van der Waals surface area contributed by atoms with Gasteiger partial charge >= 0.3 is 0 Å². The molecule has 0 saturated carbocycles. The number of methoxy groups -OCH3 is 1. The van der Waals surface area contributed by atoms with Gasteiger partial charge in [-0.3, -0.25) is 10.1 Å². The predicted molar refractivity (Wildman–Crippen MR) is 78.7 cm³/mol. The molecule has 1 aliphatic heterocycles. The van der Waals surface area contributed by atoms with Crippen LogP contribution in [-0.4, -0.2) is 49.4 Å². The molecule has 0 bridgehead atoms. The third-order valence-corrected chi connectivity index (χ3v) is 3.67. The molecule has 0 unspecified atom stereocenters. The monoisotopic (exact) mass is 295 g/mol. The number of nitrogens with zero attached hydrogens (tertiary/aromatic N) is 3. The fourth-order valence-electron chi connectivity index (χ4n) is 2.45. The highest BCUT2D eigenvalue weighted by Gasteiger charge is 2.22. The van der Waals surface area contributed by atoms with Crippen molar-refractivity contribution in [2.24, 2.45) is 0 Å². The van der Waals surface area contributed by atoms with E-state index < -0.39 is 4.92 Å². The van der Waals surface area contributed by atoms with Gasteiger partial charge in [0, 0.05) is 25.8 Å².